The first-order valence-electron chi connectivity index (χ1n) is 7.90. The SMILES string of the molecule is CCN1CCCC[C@@H]1[C@@H](C)Oc1ccc2c(c1)COC2=O. The van der Waals surface area contributed by atoms with Crippen molar-refractivity contribution < 1.29 is 14.3 Å². The van der Waals surface area contributed by atoms with Gasteiger partial charge in [0.25, 0.3) is 0 Å². The van der Waals surface area contributed by atoms with Crippen LogP contribution in [0.15, 0.2) is 18.2 Å². The molecule has 4 heteroatoms. The number of hydrogen-bond acceptors (Lipinski definition) is 4. The second kappa shape index (κ2) is 6.06. The lowest BCUT2D eigenvalue weighted by Crippen LogP contribution is -2.47. The highest BCUT2D eigenvalue weighted by Gasteiger charge is 2.28. The maximum absolute atomic E-state index is 11.5. The fourth-order valence-electron chi connectivity index (χ4n) is 3.42. The topological polar surface area (TPSA) is 38.8 Å². The van der Waals surface area contributed by atoms with Gasteiger partial charge in [0, 0.05) is 11.6 Å². The van der Waals surface area contributed by atoms with E-state index >= 15 is 0 Å². The number of rotatable bonds is 4. The monoisotopic (exact) mass is 289 g/mol. The number of piperidine rings is 1. The van der Waals surface area contributed by atoms with E-state index in [0.717, 1.165) is 17.9 Å². The third kappa shape index (κ3) is 2.91. The van der Waals surface area contributed by atoms with Gasteiger partial charge in [-0.15, -0.1) is 0 Å². The van der Waals surface area contributed by atoms with E-state index in [1.165, 1.54) is 25.8 Å². The Morgan fingerprint density at radius 1 is 1.43 bits per heavy atom. The molecule has 0 spiro atoms. The number of likely N-dealkylation sites (tertiary alicyclic amines) is 1. The molecule has 21 heavy (non-hydrogen) atoms. The zero-order chi connectivity index (χ0) is 14.8. The van der Waals surface area contributed by atoms with Crippen molar-refractivity contribution in [2.45, 2.75) is 51.9 Å². The number of esters is 1. The molecule has 0 unspecified atom stereocenters. The van der Waals surface area contributed by atoms with Crippen molar-refractivity contribution in [2.24, 2.45) is 0 Å². The fourth-order valence-corrected chi connectivity index (χ4v) is 3.42. The number of likely N-dealkylation sites (N-methyl/N-ethyl adjacent to an activating group) is 1. The molecule has 0 aliphatic carbocycles. The van der Waals surface area contributed by atoms with Gasteiger partial charge in [-0.2, -0.15) is 0 Å². The van der Waals surface area contributed by atoms with Gasteiger partial charge >= 0.3 is 5.97 Å². The lowest BCUT2D eigenvalue weighted by atomic mass is 9.98. The van der Waals surface area contributed by atoms with Gasteiger partial charge in [-0.3, -0.25) is 4.90 Å². The van der Waals surface area contributed by atoms with Crippen molar-refractivity contribution in [2.75, 3.05) is 13.1 Å². The van der Waals surface area contributed by atoms with E-state index in [1.54, 1.807) is 0 Å². The normalized spacial score (nSPS) is 23.5. The van der Waals surface area contributed by atoms with Crippen LogP contribution in [0.3, 0.4) is 0 Å². The number of cyclic esters (lactones) is 1. The van der Waals surface area contributed by atoms with Crippen LogP contribution in [0.4, 0.5) is 0 Å². The van der Waals surface area contributed by atoms with Crippen LogP contribution in [0.5, 0.6) is 5.75 Å². The van der Waals surface area contributed by atoms with E-state index in [4.69, 9.17) is 9.47 Å². The van der Waals surface area contributed by atoms with Gasteiger partial charge in [0.15, 0.2) is 0 Å². The van der Waals surface area contributed by atoms with E-state index in [-0.39, 0.29) is 12.1 Å². The third-order valence-electron chi connectivity index (χ3n) is 4.59. The van der Waals surface area contributed by atoms with Crippen molar-refractivity contribution in [1.29, 1.82) is 0 Å². The summed E-state index contributed by atoms with van der Waals surface area (Å²) in [6.45, 7) is 6.97. The molecule has 0 saturated carbocycles. The average molecular weight is 289 g/mol. The lowest BCUT2D eigenvalue weighted by Gasteiger charge is -2.38. The fraction of sp³-hybridized carbons (Fsp3) is 0.588. The molecule has 4 nitrogen and oxygen atoms in total. The van der Waals surface area contributed by atoms with Crippen molar-refractivity contribution in [3.05, 3.63) is 29.3 Å². The summed E-state index contributed by atoms with van der Waals surface area (Å²) in [5.74, 6) is 0.607. The highest BCUT2D eigenvalue weighted by Crippen LogP contribution is 2.27. The summed E-state index contributed by atoms with van der Waals surface area (Å²) in [4.78, 5) is 14.0. The summed E-state index contributed by atoms with van der Waals surface area (Å²) < 4.78 is 11.2. The Bertz CT molecular complexity index is 529. The number of ether oxygens (including phenoxy) is 2. The molecule has 2 aliphatic rings. The first-order valence-corrected chi connectivity index (χ1v) is 7.90. The predicted octanol–water partition coefficient (Wildman–Crippen LogP) is 3.00. The second-order valence-corrected chi connectivity index (χ2v) is 5.91. The van der Waals surface area contributed by atoms with Crippen LogP contribution >= 0.6 is 0 Å². The van der Waals surface area contributed by atoms with E-state index < -0.39 is 0 Å². The van der Waals surface area contributed by atoms with Gasteiger partial charge < -0.3 is 9.47 Å². The van der Waals surface area contributed by atoms with Crippen molar-refractivity contribution >= 4 is 5.97 Å². The van der Waals surface area contributed by atoms with Crippen LogP contribution in [0.1, 0.15) is 49.0 Å². The average Bonchev–Trinajstić information content (AvgIpc) is 2.88. The summed E-state index contributed by atoms with van der Waals surface area (Å²) in [6, 6.07) is 6.11. The molecule has 0 aromatic heterocycles. The summed E-state index contributed by atoms with van der Waals surface area (Å²) in [5, 5.41) is 0. The lowest BCUT2D eigenvalue weighted by molar-refractivity contribution is 0.0529. The Balaban J connectivity index is 1.69. The molecular formula is C17H23NO3. The molecule has 1 aromatic carbocycles. The number of carbonyl (C=O) groups is 1. The van der Waals surface area contributed by atoms with E-state index in [9.17, 15) is 4.79 Å². The summed E-state index contributed by atoms with van der Waals surface area (Å²) in [6.07, 6.45) is 3.92. The molecule has 1 fully saturated rings. The van der Waals surface area contributed by atoms with Crippen molar-refractivity contribution in [1.82, 2.24) is 4.90 Å². The van der Waals surface area contributed by atoms with Crippen LogP contribution in [0.2, 0.25) is 0 Å². The Kier molecular flexibility index (Phi) is 4.15. The second-order valence-electron chi connectivity index (χ2n) is 5.91. The first-order chi connectivity index (χ1) is 10.2. The van der Waals surface area contributed by atoms with Crippen molar-refractivity contribution in [3.8, 4) is 5.75 Å². The summed E-state index contributed by atoms with van der Waals surface area (Å²) in [5.41, 5.74) is 1.60. The largest absolute Gasteiger partial charge is 0.489 e. The van der Waals surface area contributed by atoms with E-state index in [1.807, 2.05) is 18.2 Å². The Labute approximate surface area is 126 Å². The minimum atomic E-state index is -0.228. The number of carbonyl (C=O) groups excluding carboxylic acids is 1. The Morgan fingerprint density at radius 2 is 2.29 bits per heavy atom. The van der Waals surface area contributed by atoms with Gasteiger partial charge in [-0.1, -0.05) is 13.3 Å². The highest BCUT2D eigenvalue weighted by atomic mass is 16.5. The van der Waals surface area contributed by atoms with Crippen molar-refractivity contribution in [3.63, 3.8) is 0 Å². The molecule has 0 radical (unpaired) electrons. The Morgan fingerprint density at radius 3 is 3.10 bits per heavy atom. The van der Waals surface area contributed by atoms with Crippen LogP contribution in [-0.2, 0) is 11.3 Å². The molecule has 2 atom stereocenters. The molecule has 114 valence electrons. The minimum absolute atomic E-state index is 0.154. The van der Waals surface area contributed by atoms with Gasteiger partial charge in [0.2, 0.25) is 0 Å². The van der Waals surface area contributed by atoms with Crippen LogP contribution < -0.4 is 4.74 Å². The third-order valence-corrected chi connectivity index (χ3v) is 4.59. The van der Waals surface area contributed by atoms with Crippen LogP contribution in [0, 0.1) is 0 Å². The highest BCUT2D eigenvalue weighted by molar-refractivity contribution is 5.93. The Hall–Kier alpha value is -1.55. The van der Waals surface area contributed by atoms with Crippen LogP contribution in [0.25, 0.3) is 0 Å². The molecule has 1 saturated heterocycles. The zero-order valence-electron chi connectivity index (χ0n) is 12.8. The van der Waals surface area contributed by atoms with Gasteiger partial charge in [0.1, 0.15) is 18.5 Å². The molecule has 3 rings (SSSR count). The van der Waals surface area contributed by atoms with Gasteiger partial charge in [-0.05, 0) is 51.1 Å². The first kappa shape index (κ1) is 14.4. The quantitative estimate of drug-likeness (QED) is 0.799. The smallest absolute Gasteiger partial charge is 0.338 e. The summed E-state index contributed by atoms with van der Waals surface area (Å²) in [7, 11) is 0. The molecule has 0 N–H and O–H groups in total. The maximum atomic E-state index is 11.5. The van der Waals surface area contributed by atoms with E-state index in [0.29, 0.717) is 18.2 Å². The molecule has 1 aromatic rings. The predicted molar refractivity (Wildman–Crippen MR) is 80.5 cm³/mol. The molecule has 0 bridgehead atoms. The van der Waals surface area contributed by atoms with Gasteiger partial charge in [-0.25, -0.2) is 4.79 Å². The standard InChI is InChI=1S/C17H23NO3/c1-3-18-9-5-4-6-16(18)12(2)21-14-7-8-15-13(10-14)11-20-17(15)19/h7-8,10,12,16H,3-6,9,11H2,1-2H3/t12-,16-/m1/s1. The molecule has 2 heterocycles. The van der Waals surface area contributed by atoms with E-state index in [2.05, 4.69) is 18.7 Å². The summed E-state index contributed by atoms with van der Waals surface area (Å²) >= 11 is 0. The maximum Gasteiger partial charge on any atom is 0.338 e. The minimum Gasteiger partial charge on any atom is -0.489 e. The van der Waals surface area contributed by atoms with Gasteiger partial charge in [0.05, 0.1) is 5.56 Å². The number of hydrogen-bond donors (Lipinski definition) is 0. The number of fused-ring (bicyclic) bond motifs is 1. The molecular weight excluding hydrogens is 266 g/mol. The van der Waals surface area contributed by atoms with Crippen LogP contribution in [-0.4, -0.2) is 36.1 Å². The molecule has 0 amide bonds. The number of nitrogens with zero attached hydrogens (tertiary/aromatic N) is 1. The molecule has 2 aliphatic heterocycles. The number of benzene rings is 1. The zero-order valence-corrected chi connectivity index (χ0v) is 12.8.